The number of aryl methyl sites for hydroxylation is 6. The minimum atomic E-state index is -2.19. The zero-order valence-electron chi connectivity index (χ0n) is 70.3. The lowest BCUT2D eigenvalue weighted by molar-refractivity contribution is -0.671. The van der Waals surface area contributed by atoms with Crippen molar-refractivity contribution in [1.29, 1.82) is 0 Å². The molecule has 0 atom stereocenters. The average molecular weight is 1470 g/mol. The number of nitrogens with zero attached hydrogens (tertiary/aromatic N) is 4. The highest BCUT2D eigenvalue weighted by Gasteiger charge is 2.18. The van der Waals surface area contributed by atoms with Crippen LogP contribution in [0.3, 0.4) is 0 Å². The molecule has 1 fully saturated rings. The predicted molar refractivity (Wildman–Crippen MR) is 473 cm³/mol. The Bertz CT molecular complexity index is 6380. The lowest BCUT2D eigenvalue weighted by Gasteiger charge is -2.22. The molecule has 113 heavy (non-hydrogen) atoms. The Morgan fingerprint density at radius 2 is 0.619 bits per heavy atom. The van der Waals surface area contributed by atoms with Crippen LogP contribution >= 0.6 is 0 Å². The third-order valence-corrected chi connectivity index (χ3v) is 19.5. The van der Waals surface area contributed by atoms with Gasteiger partial charge in [-0.25, -0.2) is 13.7 Å². The van der Waals surface area contributed by atoms with E-state index in [1.807, 2.05) is 58.3 Å². The van der Waals surface area contributed by atoms with Gasteiger partial charge in [-0.2, -0.15) is 0 Å². The van der Waals surface area contributed by atoms with Crippen LogP contribution in [0.15, 0.2) is 316 Å². The van der Waals surface area contributed by atoms with Crippen molar-refractivity contribution in [3.8, 4) is 165 Å². The highest BCUT2D eigenvalue weighted by Crippen LogP contribution is 2.37. The van der Waals surface area contributed by atoms with Crippen molar-refractivity contribution in [3.63, 3.8) is 0 Å². The highest BCUT2D eigenvalue weighted by molar-refractivity contribution is 5.81. The molecule has 4 nitrogen and oxygen atoms in total. The van der Waals surface area contributed by atoms with Gasteiger partial charge in [-0.15, -0.1) is 23.7 Å². The number of rotatable bonds is 10. The van der Waals surface area contributed by atoms with Crippen molar-refractivity contribution in [2.45, 2.75) is 86.4 Å². The zero-order chi connectivity index (χ0) is 82.3. The maximum absolute atomic E-state index is 8.89. The molecule has 0 spiro atoms. The van der Waals surface area contributed by atoms with Gasteiger partial charge in [0.2, 0.25) is 0 Å². The second kappa shape index (κ2) is 39.0. The van der Waals surface area contributed by atoms with Gasteiger partial charge < -0.3 is 0 Å². The van der Waals surface area contributed by atoms with E-state index in [1.165, 1.54) is 118 Å². The van der Waals surface area contributed by atoms with Gasteiger partial charge in [-0.1, -0.05) is 205 Å². The maximum atomic E-state index is 8.89. The Balaban J connectivity index is 0.000000144. The van der Waals surface area contributed by atoms with Crippen molar-refractivity contribution >= 4 is 0 Å². The molecule has 14 aromatic rings. The van der Waals surface area contributed by atoms with Crippen LogP contribution in [0.1, 0.15) is 132 Å². The Labute approximate surface area is 677 Å². The van der Waals surface area contributed by atoms with Crippen molar-refractivity contribution in [2.24, 2.45) is 21.1 Å². The normalized spacial score (nSPS) is 11.9. The van der Waals surface area contributed by atoms with E-state index in [2.05, 4.69) is 379 Å². The SMILES string of the molecule is CC#Cc1cccc(-c2cc(C)cc(-c3cccc(-c4ccc[n+](C)c4)c3)c2)c1.CC#Cc1cccc(-c2cccc(-c3cc(C)cc(-c4ccc[n+](C)c4)c3)c2)c1.CC#Cc1cccc(-c2cccc(-c3cccc(-c4ccc[n+](C)c4)c3)c2)c1.[2H]C([2H])([2H])c1ccc(C#Cc2ccc(C3([2H])CCCCC3)cc2C#CC)c(C#[N+]C)c1. The summed E-state index contributed by atoms with van der Waals surface area (Å²) in [6.45, 7) is 9.52. The molecular weight excluding hydrogens is 1370 g/mol. The first-order valence-corrected chi connectivity index (χ1v) is 38.4. The van der Waals surface area contributed by atoms with Crippen LogP contribution in [-0.2, 0) is 21.1 Å². The molecule has 3 aromatic heterocycles. The Hall–Kier alpha value is -13.8. The van der Waals surface area contributed by atoms with Gasteiger partial charge in [0.25, 0.3) is 7.05 Å². The summed E-state index contributed by atoms with van der Waals surface area (Å²) >= 11 is 0. The molecule has 0 radical (unpaired) electrons. The first-order valence-electron chi connectivity index (χ1n) is 40.4. The second-order valence-corrected chi connectivity index (χ2v) is 28.3. The molecule has 15 rings (SSSR count). The van der Waals surface area contributed by atoms with Crippen molar-refractivity contribution in [2.75, 3.05) is 7.05 Å². The van der Waals surface area contributed by atoms with E-state index < -0.39 is 12.7 Å². The molecule has 11 aromatic carbocycles. The monoisotopic (exact) mass is 1460 g/mol. The standard InChI is InChI=1S/2C28H24N.C27H22N.C26H26N/c1-4-8-22-9-5-10-23(17-22)27-15-21(2)16-28(19-27)25-12-6-11-24(18-25)26-13-7-14-29(3)20-26;1-4-8-22-9-5-10-23(17-22)24-11-6-12-25(18-24)27-15-21(2)16-28(19-27)26-13-7-14-29(3)20-26;1-3-8-21-9-4-10-22(17-21)23-11-5-12-24(18-23)25-13-6-14-26(19-25)27-15-7-16-28(2)20-27;1-4-8-24-18-25(21-9-6-5-7-10-21)16-15-22(24)13-14-23-12-11-20(2)17-26(23)19-27-3/h2*5-7,9-20H,1-3H3;4-7,9-20H,1-2H3;11-12,15-18,21H,5-7,9-10H2,1-3H3/q4*+1/i;;;2D3,21D. The first-order chi connectivity index (χ1) is 56.7. The second-order valence-electron chi connectivity index (χ2n) is 28.3. The quantitative estimate of drug-likeness (QED) is 0.0958. The predicted octanol–water partition coefficient (Wildman–Crippen LogP) is 24.4. The number of aromatic nitrogens is 3. The third-order valence-electron chi connectivity index (χ3n) is 19.5. The van der Waals surface area contributed by atoms with Crippen LogP contribution in [0.25, 0.3) is 105 Å². The molecule has 0 N–H and O–H groups in total. The van der Waals surface area contributed by atoms with E-state index in [-0.39, 0.29) is 5.56 Å². The summed E-state index contributed by atoms with van der Waals surface area (Å²) in [5.41, 5.74) is 31.6. The fourth-order valence-electron chi connectivity index (χ4n) is 14.2. The van der Waals surface area contributed by atoms with Crippen LogP contribution in [0.2, 0.25) is 0 Å². The molecule has 0 amide bonds. The van der Waals surface area contributed by atoms with E-state index in [1.54, 1.807) is 32.2 Å². The number of benzene rings is 11. The number of hydrogen-bond acceptors (Lipinski definition) is 0. The summed E-state index contributed by atoms with van der Waals surface area (Å²) in [7, 11) is 7.75. The Morgan fingerprint density at radius 1 is 0.301 bits per heavy atom. The van der Waals surface area contributed by atoms with Crippen LogP contribution in [0.5, 0.6) is 0 Å². The summed E-state index contributed by atoms with van der Waals surface area (Å²) in [5, 5.41) is 0. The highest BCUT2D eigenvalue weighted by atomic mass is 14.9. The van der Waals surface area contributed by atoms with E-state index in [0.717, 1.165) is 59.1 Å². The van der Waals surface area contributed by atoms with Gasteiger partial charge >= 0.3 is 6.07 Å². The number of pyridine rings is 3. The molecule has 3 heterocycles. The van der Waals surface area contributed by atoms with Gasteiger partial charge in [0.15, 0.2) is 37.2 Å². The molecule has 548 valence electrons. The van der Waals surface area contributed by atoms with Crippen molar-refractivity contribution < 1.29 is 19.2 Å². The molecule has 1 aliphatic carbocycles. The molecule has 0 unspecified atom stereocenters. The van der Waals surface area contributed by atoms with E-state index in [9.17, 15) is 0 Å². The lowest BCUT2D eigenvalue weighted by atomic mass is 9.83. The minimum absolute atomic E-state index is 0.235. The lowest BCUT2D eigenvalue weighted by Crippen LogP contribution is -2.26. The van der Waals surface area contributed by atoms with Crippen LogP contribution in [0.4, 0.5) is 0 Å². The summed E-state index contributed by atoms with van der Waals surface area (Å²) in [5.74, 6) is 30.2. The van der Waals surface area contributed by atoms with Gasteiger partial charge in [-0.3, -0.25) is 0 Å². The number of hydrogen-bond donors (Lipinski definition) is 0. The fourth-order valence-corrected chi connectivity index (χ4v) is 14.2. The van der Waals surface area contributed by atoms with E-state index in [4.69, 9.17) is 5.48 Å². The van der Waals surface area contributed by atoms with E-state index >= 15 is 0 Å². The summed E-state index contributed by atoms with van der Waals surface area (Å²) in [6, 6.07) is 100. The van der Waals surface area contributed by atoms with Crippen molar-refractivity contribution in [3.05, 3.63) is 382 Å². The maximum Gasteiger partial charge on any atom is 0.311 e. The van der Waals surface area contributed by atoms with Gasteiger partial charge in [-0.05, 0) is 288 Å². The fraction of sp³-hybridized carbons (Fsp3) is 0.156. The molecule has 1 saturated carbocycles. The zero-order valence-corrected chi connectivity index (χ0v) is 66.3. The first kappa shape index (κ1) is 73.3. The summed E-state index contributed by atoms with van der Waals surface area (Å²) < 4.78 is 38.0. The molecular formula is C109H96N4+4. The van der Waals surface area contributed by atoms with Crippen LogP contribution < -0.4 is 13.7 Å². The largest absolute Gasteiger partial charge is 0.311 e. The van der Waals surface area contributed by atoms with Crippen LogP contribution in [0, 0.1) is 86.0 Å². The average Bonchev–Trinajstić information content (AvgIpc) is 0.806. The molecule has 0 aliphatic heterocycles. The van der Waals surface area contributed by atoms with Gasteiger partial charge in [0, 0.05) is 73.8 Å². The van der Waals surface area contributed by atoms with Crippen molar-refractivity contribution in [1.82, 2.24) is 0 Å². The molecule has 0 saturated heterocycles. The third kappa shape index (κ3) is 21.8. The van der Waals surface area contributed by atoms with E-state index in [0.29, 0.717) is 11.1 Å². The van der Waals surface area contributed by atoms with Gasteiger partial charge in [0.05, 0.1) is 0 Å². The molecule has 1 aliphatic rings. The summed E-state index contributed by atoms with van der Waals surface area (Å²) in [6.07, 6.45) is 17.8. The minimum Gasteiger partial charge on any atom is -0.207 e. The Morgan fingerprint density at radius 3 is 1.00 bits per heavy atom. The van der Waals surface area contributed by atoms with Gasteiger partial charge in [0.1, 0.15) is 26.7 Å². The molecule has 4 heteroatoms. The Kier molecular flexibility index (Phi) is 25.3. The smallest absolute Gasteiger partial charge is 0.207 e. The summed E-state index contributed by atoms with van der Waals surface area (Å²) in [4.78, 5) is 3.92. The topological polar surface area (TPSA) is 16.0 Å². The molecule has 0 bridgehead atoms. The van der Waals surface area contributed by atoms with Crippen LogP contribution in [-0.4, -0.2) is 7.05 Å².